The van der Waals surface area contributed by atoms with Crippen molar-refractivity contribution >= 4 is 23.2 Å². The average molecular weight is 483 g/mol. The van der Waals surface area contributed by atoms with Crippen LogP contribution in [-0.4, -0.2) is 38.1 Å². The summed E-state index contributed by atoms with van der Waals surface area (Å²) >= 11 is 0. The molecule has 1 unspecified atom stereocenters. The van der Waals surface area contributed by atoms with E-state index in [-0.39, 0.29) is 18.2 Å². The lowest BCUT2D eigenvalue weighted by Gasteiger charge is -2.16. The SMILES string of the molecule is Cc1cc(C)n(-c2cc(Oc3ccc(NC(=O)C4CC(=O)N(c5ccccc5)C4)cc3)nc(C)n2)n1. The molecule has 1 aliphatic rings. The molecule has 182 valence electrons. The molecule has 0 spiro atoms. The third-order valence-electron chi connectivity index (χ3n) is 5.94. The Balaban J connectivity index is 1.24. The van der Waals surface area contributed by atoms with E-state index in [0.29, 0.717) is 35.5 Å². The Morgan fingerprint density at radius 3 is 2.44 bits per heavy atom. The number of carbonyl (C=O) groups excluding carboxylic acids is 2. The number of carbonyl (C=O) groups is 2. The second kappa shape index (κ2) is 9.61. The van der Waals surface area contributed by atoms with Crippen molar-refractivity contribution in [3.63, 3.8) is 0 Å². The van der Waals surface area contributed by atoms with E-state index in [0.717, 1.165) is 17.1 Å². The second-order valence-electron chi connectivity index (χ2n) is 8.81. The van der Waals surface area contributed by atoms with Gasteiger partial charge >= 0.3 is 0 Å². The van der Waals surface area contributed by atoms with Crippen LogP contribution in [0.1, 0.15) is 23.6 Å². The van der Waals surface area contributed by atoms with Gasteiger partial charge in [-0.25, -0.2) is 9.67 Å². The van der Waals surface area contributed by atoms with E-state index < -0.39 is 5.92 Å². The molecule has 0 aliphatic carbocycles. The quantitative estimate of drug-likeness (QED) is 0.438. The fourth-order valence-electron chi connectivity index (χ4n) is 4.26. The monoisotopic (exact) mass is 482 g/mol. The van der Waals surface area contributed by atoms with Crippen LogP contribution in [0.15, 0.2) is 66.7 Å². The molecule has 1 saturated heterocycles. The van der Waals surface area contributed by atoms with Crippen molar-refractivity contribution < 1.29 is 14.3 Å². The van der Waals surface area contributed by atoms with Gasteiger partial charge in [0.1, 0.15) is 11.6 Å². The zero-order valence-electron chi connectivity index (χ0n) is 20.3. The number of aryl methyl sites for hydroxylation is 3. The van der Waals surface area contributed by atoms with Crippen molar-refractivity contribution in [1.82, 2.24) is 19.7 Å². The van der Waals surface area contributed by atoms with Crippen molar-refractivity contribution in [2.45, 2.75) is 27.2 Å². The number of anilines is 2. The minimum atomic E-state index is -0.412. The Labute approximate surface area is 208 Å². The van der Waals surface area contributed by atoms with E-state index in [4.69, 9.17) is 4.74 Å². The molecule has 5 rings (SSSR count). The van der Waals surface area contributed by atoms with Crippen LogP contribution in [0.3, 0.4) is 0 Å². The van der Waals surface area contributed by atoms with Crippen LogP contribution in [-0.2, 0) is 9.59 Å². The molecular weight excluding hydrogens is 456 g/mol. The minimum absolute atomic E-state index is 0.0509. The Hall–Kier alpha value is -4.53. The highest BCUT2D eigenvalue weighted by atomic mass is 16.5. The summed E-state index contributed by atoms with van der Waals surface area (Å²) in [7, 11) is 0. The fourth-order valence-corrected chi connectivity index (χ4v) is 4.26. The van der Waals surface area contributed by atoms with Gasteiger partial charge in [0.15, 0.2) is 5.82 Å². The Morgan fingerprint density at radius 2 is 1.75 bits per heavy atom. The minimum Gasteiger partial charge on any atom is -0.439 e. The van der Waals surface area contributed by atoms with Crippen LogP contribution in [0.25, 0.3) is 5.82 Å². The third kappa shape index (κ3) is 4.95. The van der Waals surface area contributed by atoms with Gasteiger partial charge in [0, 0.05) is 36.1 Å². The largest absolute Gasteiger partial charge is 0.439 e. The number of hydrogen-bond acceptors (Lipinski definition) is 6. The standard InChI is InChI=1S/C27H26N6O3/c1-17-13-18(2)33(31-17)24-15-25(29-19(3)28-24)36-23-11-9-21(10-12-23)30-27(35)20-14-26(34)32(16-20)22-7-5-4-6-8-22/h4-13,15,20H,14,16H2,1-3H3,(H,30,35). The van der Waals surface area contributed by atoms with E-state index in [1.807, 2.05) is 50.2 Å². The molecule has 9 heteroatoms. The number of amides is 2. The Kier molecular flexibility index (Phi) is 6.20. The number of para-hydroxylation sites is 1. The number of rotatable bonds is 6. The van der Waals surface area contributed by atoms with E-state index in [1.165, 1.54) is 0 Å². The van der Waals surface area contributed by atoms with Gasteiger partial charge in [0.05, 0.1) is 11.6 Å². The van der Waals surface area contributed by atoms with Crippen LogP contribution >= 0.6 is 0 Å². The van der Waals surface area contributed by atoms with Crippen molar-refractivity contribution in [1.29, 1.82) is 0 Å². The van der Waals surface area contributed by atoms with Gasteiger partial charge in [-0.15, -0.1) is 0 Å². The van der Waals surface area contributed by atoms with Crippen molar-refractivity contribution in [3.05, 3.63) is 83.9 Å². The van der Waals surface area contributed by atoms with Crippen LogP contribution in [0.5, 0.6) is 11.6 Å². The van der Waals surface area contributed by atoms with Crippen molar-refractivity contribution in [2.75, 3.05) is 16.8 Å². The van der Waals surface area contributed by atoms with E-state index in [9.17, 15) is 9.59 Å². The maximum absolute atomic E-state index is 12.8. The molecule has 1 N–H and O–H groups in total. The number of hydrogen-bond donors (Lipinski definition) is 1. The molecule has 36 heavy (non-hydrogen) atoms. The smallest absolute Gasteiger partial charge is 0.229 e. The maximum Gasteiger partial charge on any atom is 0.229 e. The number of aromatic nitrogens is 4. The normalized spacial score (nSPS) is 15.2. The molecule has 4 aromatic rings. The summed E-state index contributed by atoms with van der Waals surface area (Å²) in [6.45, 7) is 6.05. The van der Waals surface area contributed by atoms with Gasteiger partial charge in [-0.05, 0) is 63.2 Å². The number of nitrogens with one attached hydrogen (secondary N) is 1. The van der Waals surface area contributed by atoms with E-state index in [1.54, 1.807) is 46.8 Å². The predicted molar refractivity (Wildman–Crippen MR) is 135 cm³/mol. The highest BCUT2D eigenvalue weighted by Gasteiger charge is 2.35. The molecule has 1 aliphatic heterocycles. The molecule has 1 atom stereocenters. The van der Waals surface area contributed by atoms with Gasteiger partial charge in [-0.1, -0.05) is 18.2 Å². The summed E-state index contributed by atoms with van der Waals surface area (Å²) < 4.78 is 7.70. The topological polar surface area (TPSA) is 102 Å². The Morgan fingerprint density at radius 1 is 1.00 bits per heavy atom. The second-order valence-corrected chi connectivity index (χ2v) is 8.81. The van der Waals surface area contributed by atoms with Crippen LogP contribution < -0.4 is 15.0 Å². The molecule has 9 nitrogen and oxygen atoms in total. The molecule has 2 aromatic carbocycles. The van der Waals surface area contributed by atoms with Gasteiger partial charge in [0.25, 0.3) is 0 Å². The highest BCUT2D eigenvalue weighted by Crippen LogP contribution is 2.27. The summed E-state index contributed by atoms with van der Waals surface area (Å²) in [6, 6.07) is 20.1. The fraction of sp³-hybridized carbons (Fsp3) is 0.222. The molecular formula is C27H26N6O3. The van der Waals surface area contributed by atoms with E-state index in [2.05, 4.69) is 20.4 Å². The van der Waals surface area contributed by atoms with Crippen LogP contribution in [0.2, 0.25) is 0 Å². The number of benzene rings is 2. The predicted octanol–water partition coefficient (Wildman–Crippen LogP) is 4.37. The lowest BCUT2D eigenvalue weighted by Crippen LogP contribution is -2.28. The van der Waals surface area contributed by atoms with Gasteiger partial charge in [0.2, 0.25) is 17.7 Å². The molecule has 0 bridgehead atoms. The first-order valence-electron chi connectivity index (χ1n) is 11.7. The zero-order valence-corrected chi connectivity index (χ0v) is 20.3. The summed E-state index contributed by atoms with van der Waals surface area (Å²) in [4.78, 5) is 35.7. The van der Waals surface area contributed by atoms with Crippen LogP contribution in [0, 0.1) is 26.7 Å². The zero-order chi connectivity index (χ0) is 25.2. The highest BCUT2D eigenvalue weighted by molar-refractivity contribution is 6.03. The molecule has 0 radical (unpaired) electrons. The first kappa shape index (κ1) is 23.2. The van der Waals surface area contributed by atoms with E-state index >= 15 is 0 Å². The van der Waals surface area contributed by atoms with Crippen molar-refractivity contribution in [2.24, 2.45) is 5.92 Å². The molecule has 2 amide bonds. The van der Waals surface area contributed by atoms with Gasteiger partial charge in [-0.3, -0.25) is 9.59 Å². The van der Waals surface area contributed by atoms with Gasteiger partial charge < -0.3 is 15.0 Å². The lowest BCUT2D eigenvalue weighted by atomic mass is 10.1. The summed E-state index contributed by atoms with van der Waals surface area (Å²) in [6.07, 6.45) is 0.187. The van der Waals surface area contributed by atoms with Crippen LogP contribution in [0.4, 0.5) is 11.4 Å². The maximum atomic E-state index is 12.8. The molecule has 1 fully saturated rings. The van der Waals surface area contributed by atoms with Crippen molar-refractivity contribution in [3.8, 4) is 17.4 Å². The Bertz CT molecular complexity index is 1420. The summed E-state index contributed by atoms with van der Waals surface area (Å²) in [5.41, 5.74) is 3.30. The number of nitrogens with zero attached hydrogens (tertiary/aromatic N) is 5. The first-order valence-corrected chi connectivity index (χ1v) is 11.7. The molecule has 0 saturated carbocycles. The third-order valence-corrected chi connectivity index (χ3v) is 5.94. The average Bonchev–Trinajstić information content (AvgIpc) is 3.41. The summed E-state index contributed by atoms with van der Waals surface area (Å²) in [5, 5.41) is 7.38. The molecule has 3 heterocycles. The first-order chi connectivity index (χ1) is 17.4. The van der Waals surface area contributed by atoms with Gasteiger partial charge in [-0.2, -0.15) is 10.1 Å². The number of ether oxygens (including phenoxy) is 1. The lowest BCUT2D eigenvalue weighted by molar-refractivity contribution is -0.122. The summed E-state index contributed by atoms with van der Waals surface area (Å²) in [5.74, 6) is 1.51. The molecule has 2 aromatic heterocycles.